The van der Waals surface area contributed by atoms with Crippen LogP contribution in [0.15, 0.2) is 25.6 Å². The van der Waals surface area contributed by atoms with Crippen molar-refractivity contribution in [1.29, 1.82) is 0 Å². The van der Waals surface area contributed by atoms with Crippen LogP contribution in [0.1, 0.15) is 17.5 Å². The number of aromatic nitrogens is 2. The van der Waals surface area contributed by atoms with E-state index in [9.17, 15) is 0 Å². The van der Waals surface area contributed by atoms with E-state index in [1.165, 1.54) is 0 Å². The highest BCUT2D eigenvalue weighted by Gasteiger charge is 2.09. The van der Waals surface area contributed by atoms with Crippen LogP contribution in [0, 0.1) is 6.92 Å². The minimum Gasteiger partial charge on any atom is -0.453 e. The molecule has 86 valence electrons. The van der Waals surface area contributed by atoms with Gasteiger partial charge in [-0.3, -0.25) is 4.90 Å². The predicted molar refractivity (Wildman–Crippen MR) is 60.6 cm³/mol. The lowest BCUT2D eigenvalue weighted by atomic mass is 10.4. The third-order valence-corrected chi connectivity index (χ3v) is 2.45. The molecule has 2 aromatic rings. The summed E-state index contributed by atoms with van der Waals surface area (Å²) in [6.45, 7) is 3.09. The molecule has 2 rings (SSSR count). The van der Waals surface area contributed by atoms with Gasteiger partial charge in [0.1, 0.15) is 5.76 Å². The Balaban J connectivity index is 1.91. The fraction of sp³-hybridized carbons (Fsp3) is 0.400. The smallest absolute Gasteiger partial charge is 0.230 e. The van der Waals surface area contributed by atoms with Crippen molar-refractivity contribution in [3.8, 4) is 0 Å². The lowest BCUT2D eigenvalue weighted by molar-refractivity contribution is 0.256. The van der Waals surface area contributed by atoms with Gasteiger partial charge in [-0.25, -0.2) is 0 Å². The summed E-state index contributed by atoms with van der Waals surface area (Å²) < 4.78 is 11.4. The summed E-state index contributed by atoms with van der Waals surface area (Å²) in [4.78, 5) is 2.04. The van der Waals surface area contributed by atoms with E-state index in [2.05, 4.69) is 26.1 Å². The molecule has 0 aliphatic heterocycles. The topological polar surface area (TPSA) is 55.3 Å². The van der Waals surface area contributed by atoms with Gasteiger partial charge in [-0.05, 0) is 35.1 Å². The maximum absolute atomic E-state index is 5.41. The highest BCUT2D eigenvalue weighted by molar-refractivity contribution is 9.10. The van der Waals surface area contributed by atoms with Crippen LogP contribution in [-0.4, -0.2) is 22.1 Å². The average molecular weight is 286 g/mol. The Morgan fingerprint density at radius 2 is 2.06 bits per heavy atom. The van der Waals surface area contributed by atoms with E-state index in [0.29, 0.717) is 24.9 Å². The molecule has 0 bridgehead atoms. The number of nitrogens with zero attached hydrogens (tertiary/aromatic N) is 3. The van der Waals surface area contributed by atoms with Crippen molar-refractivity contribution in [2.24, 2.45) is 0 Å². The first-order valence-corrected chi connectivity index (χ1v) is 5.64. The van der Waals surface area contributed by atoms with Gasteiger partial charge in [-0.15, -0.1) is 10.2 Å². The van der Waals surface area contributed by atoms with Gasteiger partial charge < -0.3 is 8.83 Å². The second-order valence-corrected chi connectivity index (χ2v) is 4.37. The normalized spacial score (nSPS) is 11.2. The Morgan fingerprint density at radius 3 is 2.62 bits per heavy atom. The van der Waals surface area contributed by atoms with Crippen molar-refractivity contribution in [3.63, 3.8) is 0 Å². The Labute approximate surface area is 102 Å². The number of halogens is 1. The van der Waals surface area contributed by atoms with Gasteiger partial charge in [-0.2, -0.15) is 0 Å². The largest absolute Gasteiger partial charge is 0.453 e. The van der Waals surface area contributed by atoms with E-state index in [1.54, 1.807) is 6.92 Å². The van der Waals surface area contributed by atoms with Crippen LogP contribution >= 0.6 is 15.9 Å². The first-order valence-electron chi connectivity index (χ1n) is 4.85. The van der Waals surface area contributed by atoms with Crippen molar-refractivity contribution in [3.05, 3.63) is 34.3 Å². The molecule has 2 aromatic heterocycles. The quantitative estimate of drug-likeness (QED) is 0.863. The van der Waals surface area contributed by atoms with Crippen LogP contribution < -0.4 is 0 Å². The van der Waals surface area contributed by atoms with Crippen molar-refractivity contribution < 1.29 is 8.83 Å². The van der Waals surface area contributed by atoms with Gasteiger partial charge in [0.25, 0.3) is 0 Å². The fourth-order valence-electron chi connectivity index (χ4n) is 1.39. The van der Waals surface area contributed by atoms with E-state index in [0.717, 1.165) is 10.4 Å². The Kier molecular flexibility index (Phi) is 3.40. The number of rotatable bonds is 4. The van der Waals surface area contributed by atoms with Crippen LogP contribution in [0.5, 0.6) is 0 Å². The van der Waals surface area contributed by atoms with Crippen molar-refractivity contribution in [1.82, 2.24) is 15.1 Å². The number of hydrogen-bond acceptors (Lipinski definition) is 5. The zero-order valence-corrected chi connectivity index (χ0v) is 10.7. The second kappa shape index (κ2) is 4.80. The van der Waals surface area contributed by atoms with Gasteiger partial charge in [0.15, 0.2) is 4.67 Å². The molecule has 0 aliphatic carbocycles. The van der Waals surface area contributed by atoms with Crippen LogP contribution in [0.25, 0.3) is 0 Å². The lowest BCUT2D eigenvalue weighted by Gasteiger charge is -2.11. The molecule has 0 saturated heterocycles. The molecule has 0 radical (unpaired) electrons. The van der Waals surface area contributed by atoms with E-state index in [4.69, 9.17) is 8.83 Å². The summed E-state index contributed by atoms with van der Waals surface area (Å²) in [5, 5.41) is 7.71. The van der Waals surface area contributed by atoms with Crippen molar-refractivity contribution in [2.75, 3.05) is 7.05 Å². The number of furan rings is 1. The van der Waals surface area contributed by atoms with Gasteiger partial charge in [0.05, 0.1) is 13.1 Å². The predicted octanol–water partition coefficient (Wildman–Crippen LogP) is 2.37. The monoisotopic (exact) mass is 285 g/mol. The summed E-state index contributed by atoms with van der Waals surface area (Å²) in [5.74, 6) is 2.10. The highest BCUT2D eigenvalue weighted by Crippen LogP contribution is 2.15. The first-order chi connectivity index (χ1) is 7.63. The summed E-state index contributed by atoms with van der Waals surface area (Å²) in [5.41, 5.74) is 0. The zero-order chi connectivity index (χ0) is 11.5. The molecule has 2 heterocycles. The molecule has 6 heteroatoms. The minimum absolute atomic E-state index is 0.587. The number of hydrogen-bond donors (Lipinski definition) is 0. The summed E-state index contributed by atoms with van der Waals surface area (Å²) in [7, 11) is 1.97. The summed E-state index contributed by atoms with van der Waals surface area (Å²) in [6.07, 6.45) is 0. The zero-order valence-electron chi connectivity index (χ0n) is 9.11. The van der Waals surface area contributed by atoms with E-state index < -0.39 is 0 Å². The van der Waals surface area contributed by atoms with Crippen LogP contribution in [0.2, 0.25) is 0 Å². The Hall–Kier alpha value is -1.14. The maximum Gasteiger partial charge on any atom is 0.230 e. The van der Waals surface area contributed by atoms with Gasteiger partial charge in [-0.1, -0.05) is 0 Å². The Bertz CT molecular complexity index is 424. The third kappa shape index (κ3) is 2.93. The molecule has 0 spiro atoms. The van der Waals surface area contributed by atoms with Gasteiger partial charge in [0.2, 0.25) is 11.8 Å². The molecule has 0 atom stereocenters. The molecule has 16 heavy (non-hydrogen) atoms. The lowest BCUT2D eigenvalue weighted by Crippen LogP contribution is -2.17. The summed E-state index contributed by atoms with van der Waals surface area (Å²) in [6, 6.07) is 3.81. The Morgan fingerprint density at radius 1 is 1.25 bits per heavy atom. The van der Waals surface area contributed by atoms with Crippen molar-refractivity contribution in [2.45, 2.75) is 20.0 Å². The molecule has 0 amide bonds. The van der Waals surface area contributed by atoms with Crippen LogP contribution in [-0.2, 0) is 13.1 Å². The highest BCUT2D eigenvalue weighted by atomic mass is 79.9. The second-order valence-electron chi connectivity index (χ2n) is 3.59. The molecular weight excluding hydrogens is 274 g/mol. The first kappa shape index (κ1) is 11.3. The van der Waals surface area contributed by atoms with E-state index in [-0.39, 0.29) is 0 Å². The van der Waals surface area contributed by atoms with Crippen LogP contribution in [0.3, 0.4) is 0 Å². The van der Waals surface area contributed by atoms with Gasteiger partial charge >= 0.3 is 0 Å². The fourth-order valence-corrected chi connectivity index (χ4v) is 1.73. The number of aryl methyl sites for hydroxylation is 1. The minimum atomic E-state index is 0.587. The molecular formula is C10H12BrN3O2. The maximum atomic E-state index is 5.41. The molecule has 0 aliphatic rings. The average Bonchev–Trinajstić information content (AvgIpc) is 2.76. The summed E-state index contributed by atoms with van der Waals surface area (Å²) >= 11 is 3.27. The molecule has 0 fully saturated rings. The SMILES string of the molecule is Cc1nnc(CN(C)Cc2ccc(Br)o2)o1. The molecule has 0 saturated carbocycles. The molecule has 5 nitrogen and oxygen atoms in total. The molecule has 0 N–H and O–H groups in total. The van der Waals surface area contributed by atoms with E-state index in [1.807, 2.05) is 24.1 Å². The molecule has 0 unspecified atom stereocenters. The van der Waals surface area contributed by atoms with Crippen LogP contribution in [0.4, 0.5) is 0 Å². The van der Waals surface area contributed by atoms with Gasteiger partial charge in [0, 0.05) is 6.92 Å². The van der Waals surface area contributed by atoms with Crippen molar-refractivity contribution >= 4 is 15.9 Å². The van der Waals surface area contributed by atoms with E-state index >= 15 is 0 Å². The third-order valence-electron chi connectivity index (χ3n) is 2.03. The standard InChI is InChI=1S/C10H12BrN3O2/c1-7-12-13-10(15-7)6-14(2)5-8-3-4-9(11)16-8/h3-4H,5-6H2,1-2H3. The molecule has 0 aromatic carbocycles.